The third-order valence-corrected chi connectivity index (χ3v) is 8.20. The fraction of sp³-hybridized carbons (Fsp3) is 0.371. The Morgan fingerprint density at radius 3 is 2.29 bits per heavy atom. The van der Waals surface area contributed by atoms with Crippen molar-refractivity contribution in [2.24, 2.45) is 11.1 Å². The molecule has 0 unspecified atom stereocenters. The van der Waals surface area contributed by atoms with Gasteiger partial charge in [0.1, 0.15) is 5.75 Å². The second-order valence-corrected chi connectivity index (χ2v) is 12.5. The predicted octanol–water partition coefficient (Wildman–Crippen LogP) is 4.96. The highest BCUT2D eigenvalue weighted by molar-refractivity contribution is 6.04. The van der Waals surface area contributed by atoms with E-state index in [0.29, 0.717) is 53.4 Å². The lowest BCUT2D eigenvalue weighted by Crippen LogP contribution is -2.33. The third kappa shape index (κ3) is 8.48. The smallest absolute Gasteiger partial charge is 0.262 e. The molecule has 10 nitrogen and oxygen atoms in total. The number of unbranched alkanes of at least 4 members (excludes halogenated alkanes) is 1. The Balaban J connectivity index is 1.12. The third-order valence-electron chi connectivity index (χ3n) is 8.20. The topological polar surface area (TPSA) is 143 Å². The van der Waals surface area contributed by atoms with Crippen LogP contribution >= 0.6 is 0 Å². The second-order valence-electron chi connectivity index (χ2n) is 12.5. The van der Waals surface area contributed by atoms with Crippen LogP contribution in [0, 0.1) is 5.41 Å². The van der Waals surface area contributed by atoms with Gasteiger partial charge in [0.2, 0.25) is 0 Å². The number of hydrogen-bond acceptors (Lipinski definition) is 6. The molecule has 1 aliphatic carbocycles. The summed E-state index contributed by atoms with van der Waals surface area (Å²) in [5.74, 6) is -0.255. The Morgan fingerprint density at radius 1 is 0.933 bits per heavy atom. The number of nitrogens with zero attached hydrogens (tertiary/aromatic N) is 1. The monoisotopic (exact) mass is 611 g/mol. The first-order valence-electron chi connectivity index (χ1n) is 15.5. The van der Waals surface area contributed by atoms with E-state index in [9.17, 15) is 19.2 Å². The molecule has 10 heteroatoms. The van der Waals surface area contributed by atoms with E-state index >= 15 is 0 Å². The van der Waals surface area contributed by atoms with Gasteiger partial charge in [0.25, 0.3) is 23.6 Å². The van der Waals surface area contributed by atoms with E-state index in [1.54, 1.807) is 54.6 Å². The van der Waals surface area contributed by atoms with Crippen molar-refractivity contribution in [1.29, 1.82) is 0 Å². The van der Waals surface area contributed by atoms with E-state index in [-0.39, 0.29) is 41.7 Å². The van der Waals surface area contributed by atoms with Gasteiger partial charge in [-0.2, -0.15) is 0 Å². The van der Waals surface area contributed by atoms with E-state index in [2.05, 4.69) is 29.8 Å². The summed E-state index contributed by atoms with van der Waals surface area (Å²) >= 11 is 0. The van der Waals surface area contributed by atoms with Crippen LogP contribution in [0.15, 0.2) is 66.7 Å². The van der Waals surface area contributed by atoms with Gasteiger partial charge in [-0.05, 0) is 97.8 Å². The standard InChI is InChI=1S/C35H41N5O5/c1-35(2,22-36)17-3-4-18-37-32(42)24-9-12-27(13-10-24)38-33(43)25-7-5-23(6-8-25)20-40(28-14-15-28)34(44)26-11-16-29-30(19-26)45-21-31(41)39-29/h5-13,16,19,28H,3-4,14-15,17-18,20-22,36H2,1-2H3,(H,37,42)(H,38,43)(H,39,41). The average Bonchev–Trinajstić information content (AvgIpc) is 3.89. The van der Waals surface area contributed by atoms with Gasteiger partial charge in [0, 0.05) is 41.5 Å². The largest absolute Gasteiger partial charge is 0.482 e. The van der Waals surface area contributed by atoms with Crippen molar-refractivity contribution < 1.29 is 23.9 Å². The minimum absolute atomic E-state index is 0.0746. The number of anilines is 2. The molecule has 3 aromatic carbocycles. The molecule has 5 rings (SSSR count). The average molecular weight is 612 g/mol. The number of carbonyl (C=O) groups is 4. The van der Waals surface area contributed by atoms with Gasteiger partial charge in [-0.3, -0.25) is 19.2 Å². The molecule has 1 saturated carbocycles. The molecule has 236 valence electrons. The van der Waals surface area contributed by atoms with Crippen LogP contribution in [0.3, 0.4) is 0 Å². The number of fused-ring (bicyclic) bond motifs is 1. The van der Waals surface area contributed by atoms with Gasteiger partial charge in [-0.25, -0.2) is 0 Å². The molecule has 0 saturated heterocycles. The van der Waals surface area contributed by atoms with Crippen molar-refractivity contribution in [2.45, 2.75) is 58.5 Å². The highest BCUT2D eigenvalue weighted by Gasteiger charge is 2.33. The molecule has 5 N–H and O–H groups in total. The normalized spacial score (nSPS) is 14.1. The quantitative estimate of drug-likeness (QED) is 0.201. The summed E-state index contributed by atoms with van der Waals surface area (Å²) in [7, 11) is 0. The van der Waals surface area contributed by atoms with E-state index in [1.165, 1.54) is 0 Å². The number of carbonyl (C=O) groups excluding carboxylic acids is 4. The van der Waals surface area contributed by atoms with Crippen molar-refractivity contribution in [3.05, 3.63) is 89.0 Å². The summed E-state index contributed by atoms with van der Waals surface area (Å²) in [4.78, 5) is 52.3. The SMILES string of the molecule is CC(C)(CN)CCCCNC(=O)c1ccc(NC(=O)c2ccc(CN(C(=O)c3ccc4c(c3)OCC(=O)N4)C3CC3)cc2)cc1. The molecule has 0 radical (unpaired) electrons. The molecule has 2 aliphatic rings. The van der Waals surface area contributed by atoms with Gasteiger partial charge in [-0.1, -0.05) is 32.4 Å². The highest BCUT2D eigenvalue weighted by atomic mass is 16.5. The fourth-order valence-corrected chi connectivity index (χ4v) is 5.13. The van der Waals surface area contributed by atoms with Crippen molar-refractivity contribution in [2.75, 3.05) is 30.3 Å². The van der Waals surface area contributed by atoms with Crippen LogP contribution in [-0.4, -0.2) is 54.3 Å². The van der Waals surface area contributed by atoms with Crippen LogP contribution in [0.4, 0.5) is 11.4 Å². The number of benzene rings is 3. The number of nitrogens with one attached hydrogen (secondary N) is 3. The summed E-state index contributed by atoms with van der Waals surface area (Å²) in [6, 6.07) is 19.2. The summed E-state index contributed by atoms with van der Waals surface area (Å²) in [6.45, 7) is 5.88. The molecule has 45 heavy (non-hydrogen) atoms. The van der Waals surface area contributed by atoms with Gasteiger partial charge in [-0.15, -0.1) is 0 Å². The van der Waals surface area contributed by atoms with Crippen LogP contribution in [0.2, 0.25) is 0 Å². The number of hydrogen-bond donors (Lipinski definition) is 4. The Hall–Kier alpha value is -4.70. The summed E-state index contributed by atoms with van der Waals surface area (Å²) in [5, 5.41) is 8.56. The molecular formula is C35H41N5O5. The maximum Gasteiger partial charge on any atom is 0.262 e. The van der Waals surface area contributed by atoms with E-state index in [0.717, 1.165) is 37.7 Å². The van der Waals surface area contributed by atoms with Gasteiger partial charge >= 0.3 is 0 Å². The first kappa shape index (κ1) is 31.7. The molecule has 4 amide bonds. The Kier molecular flexibility index (Phi) is 9.83. The summed E-state index contributed by atoms with van der Waals surface area (Å²) in [6.07, 6.45) is 4.80. The van der Waals surface area contributed by atoms with Crippen molar-refractivity contribution >= 4 is 35.0 Å². The number of nitrogens with two attached hydrogens (primary N) is 1. The molecule has 0 aromatic heterocycles. The first-order valence-corrected chi connectivity index (χ1v) is 15.5. The number of amides is 4. The Morgan fingerprint density at radius 2 is 1.60 bits per heavy atom. The Bertz CT molecular complexity index is 1550. The van der Waals surface area contributed by atoms with Gasteiger partial charge in [0.05, 0.1) is 5.69 Å². The number of rotatable bonds is 13. The lowest BCUT2D eigenvalue weighted by molar-refractivity contribution is -0.118. The first-order chi connectivity index (χ1) is 21.6. The van der Waals surface area contributed by atoms with Crippen molar-refractivity contribution in [3.63, 3.8) is 0 Å². The van der Waals surface area contributed by atoms with Crippen LogP contribution < -0.4 is 26.4 Å². The summed E-state index contributed by atoms with van der Waals surface area (Å²) < 4.78 is 5.49. The van der Waals surface area contributed by atoms with Gasteiger partial charge in [0.15, 0.2) is 6.61 Å². The molecule has 0 bridgehead atoms. The molecule has 0 spiro atoms. The molecule has 1 heterocycles. The number of ether oxygens (including phenoxy) is 1. The lowest BCUT2D eigenvalue weighted by Gasteiger charge is -2.24. The van der Waals surface area contributed by atoms with Crippen LogP contribution in [0.25, 0.3) is 0 Å². The molecule has 0 atom stereocenters. The predicted molar refractivity (Wildman–Crippen MR) is 173 cm³/mol. The van der Waals surface area contributed by atoms with Gasteiger partial charge < -0.3 is 31.3 Å². The maximum atomic E-state index is 13.4. The zero-order valence-corrected chi connectivity index (χ0v) is 25.9. The minimum Gasteiger partial charge on any atom is -0.482 e. The van der Waals surface area contributed by atoms with Crippen LogP contribution in [-0.2, 0) is 11.3 Å². The van der Waals surface area contributed by atoms with E-state index in [4.69, 9.17) is 10.5 Å². The zero-order valence-electron chi connectivity index (χ0n) is 25.9. The van der Waals surface area contributed by atoms with E-state index < -0.39 is 0 Å². The zero-order chi connectivity index (χ0) is 32.0. The minimum atomic E-state index is -0.268. The fourth-order valence-electron chi connectivity index (χ4n) is 5.13. The summed E-state index contributed by atoms with van der Waals surface area (Å²) in [5.41, 5.74) is 9.46. The molecule has 1 fully saturated rings. The Labute approximate surface area is 263 Å². The molecule has 3 aromatic rings. The second kappa shape index (κ2) is 13.9. The maximum absolute atomic E-state index is 13.4. The molecular weight excluding hydrogens is 570 g/mol. The highest BCUT2D eigenvalue weighted by Crippen LogP contribution is 2.33. The van der Waals surface area contributed by atoms with Crippen molar-refractivity contribution in [1.82, 2.24) is 10.2 Å². The lowest BCUT2D eigenvalue weighted by atomic mass is 9.87. The molecule has 1 aliphatic heterocycles. The van der Waals surface area contributed by atoms with Crippen molar-refractivity contribution in [3.8, 4) is 5.75 Å². The van der Waals surface area contributed by atoms with Crippen LogP contribution in [0.1, 0.15) is 82.6 Å². The van der Waals surface area contributed by atoms with Crippen LogP contribution in [0.5, 0.6) is 5.75 Å². The van der Waals surface area contributed by atoms with E-state index in [1.807, 2.05) is 17.0 Å².